The third kappa shape index (κ3) is 3.75. The van der Waals surface area contributed by atoms with Gasteiger partial charge in [0, 0.05) is 27.2 Å². The van der Waals surface area contributed by atoms with Crippen LogP contribution in [0.5, 0.6) is 0 Å². The van der Waals surface area contributed by atoms with Crippen LogP contribution in [-0.4, -0.2) is 8.42 Å². The van der Waals surface area contributed by atoms with Crippen LogP contribution in [0, 0.1) is 13.8 Å². The van der Waals surface area contributed by atoms with Crippen LogP contribution in [0.15, 0.2) is 20.8 Å². The average Bonchev–Trinajstić information content (AvgIpc) is 2.91. The summed E-state index contributed by atoms with van der Waals surface area (Å²) in [5.74, 6) is 0. The first-order valence-corrected chi connectivity index (χ1v) is 10.2. The lowest BCUT2D eigenvalue weighted by molar-refractivity contribution is 0.566. The number of hydrogen-bond acceptors (Lipinski definition) is 5. The molecule has 2 aromatic heterocycles. The SMILES string of the molecule is Cc1cc(C(C)NS(=O)(=O)c2cc(CN)sc2Br)c(C)s1. The fraction of sp³-hybridized carbons (Fsp3) is 0.385. The molecule has 1 unspecified atom stereocenters. The Kier molecular flexibility index (Phi) is 5.27. The summed E-state index contributed by atoms with van der Waals surface area (Å²) in [4.78, 5) is 3.40. The summed E-state index contributed by atoms with van der Waals surface area (Å²) in [7, 11) is -3.57. The summed E-state index contributed by atoms with van der Waals surface area (Å²) < 4.78 is 28.3. The van der Waals surface area contributed by atoms with Crippen molar-refractivity contribution in [2.24, 2.45) is 5.73 Å². The van der Waals surface area contributed by atoms with E-state index in [4.69, 9.17) is 5.73 Å². The molecule has 0 fully saturated rings. The molecule has 21 heavy (non-hydrogen) atoms. The lowest BCUT2D eigenvalue weighted by Crippen LogP contribution is -2.27. The smallest absolute Gasteiger partial charge is 0.243 e. The van der Waals surface area contributed by atoms with Crippen molar-refractivity contribution in [1.82, 2.24) is 4.72 Å². The first kappa shape index (κ1) is 17.1. The highest BCUT2D eigenvalue weighted by molar-refractivity contribution is 9.11. The van der Waals surface area contributed by atoms with Crippen molar-refractivity contribution in [2.45, 2.75) is 38.3 Å². The third-order valence-electron chi connectivity index (χ3n) is 3.08. The molecule has 2 heterocycles. The van der Waals surface area contributed by atoms with Gasteiger partial charge in [-0.2, -0.15) is 0 Å². The lowest BCUT2D eigenvalue weighted by Gasteiger charge is -2.14. The van der Waals surface area contributed by atoms with Crippen LogP contribution in [0.3, 0.4) is 0 Å². The van der Waals surface area contributed by atoms with Crippen molar-refractivity contribution in [1.29, 1.82) is 0 Å². The molecular weight excluding hydrogens is 392 g/mol. The fourth-order valence-corrected chi connectivity index (χ4v) is 6.93. The van der Waals surface area contributed by atoms with E-state index in [1.807, 2.05) is 26.8 Å². The van der Waals surface area contributed by atoms with Crippen LogP contribution in [-0.2, 0) is 16.6 Å². The van der Waals surface area contributed by atoms with Gasteiger partial charge in [0.05, 0.1) is 3.79 Å². The zero-order valence-corrected chi connectivity index (χ0v) is 16.0. The van der Waals surface area contributed by atoms with Crippen LogP contribution in [0.4, 0.5) is 0 Å². The van der Waals surface area contributed by atoms with E-state index in [0.717, 1.165) is 15.3 Å². The number of hydrogen-bond donors (Lipinski definition) is 2. The van der Waals surface area contributed by atoms with Gasteiger partial charge in [-0.05, 0) is 54.4 Å². The molecule has 0 aromatic carbocycles. The molecule has 2 rings (SSSR count). The monoisotopic (exact) mass is 408 g/mol. The summed E-state index contributed by atoms with van der Waals surface area (Å²) in [6, 6.07) is 3.38. The van der Waals surface area contributed by atoms with Crippen LogP contribution in [0.25, 0.3) is 0 Å². The molecule has 0 radical (unpaired) electrons. The first-order chi connectivity index (χ1) is 9.74. The molecule has 2 aromatic rings. The van der Waals surface area contributed by atoms with Crippen molar-refractivity contribution in [3.8, 4) is 0 Å². The predicted molar refractivity (Wildman–Crippen MR) is 92.4 cm³/mol. The molecule has 0 aliphatic rings. The Morgan fingerprint density at radius 1 is 1.33 bits per heavy atom. The third-order valence-corrected chi connectivity index (χ3v) is 7.87. The van der Waals surface area contributed by atoms with Crippen molar-refractivity contribution in [3.63, 3.8) is 0 Å². The highest BCUT2D eigenvalue weighted by Gasteiger charge is 2.24. The number of nitrogens with one attached hydrogen (secondary N) is 1. The van der Waals surface area contributed by atoms with Crippen molar-refractivity contribution in [3.05, 3.63) is 36.1 Å². The molecule has 0 aliphatic carbocycles. The lowest BCUT2D eigenvalue weighted by atomic mass is 10.1. The van der Waals surface area contributed by atoms with Crippen LogP contribution >= 0.6 is 38.6 Å². The predicted octanol–water partition coefficient (Wildman–Crippen LogP) is 3.69. The standard InChI is InChI=1S/C13H17BrN2O2S3/c1-7-4-11(9(3)19-7)8(2)16-21(17,18)12-5-10(6-15)20-13(12)14/h4-5,8,16H,6,15H2,1-3H3. The number of aryl methyl sites for hydroxylation is 2. The molecule has 0 saturated carbocycles. The highest BCUT2D eigenvalue weighted by atomic mass is 79.9. The zero-order valence-electron chi connectivity index (χ0n) is 11.9. The molecule has 3 N–H and O–H groups in total. The van der Waals surface area contributed by atoms with Crippen LogP contribution in [0.1, 0.15) is 33.2 Å². The van der Waals surface area contributed by atoms with Gasteiger partial charge in [0.2, 0.25) is 10.0 Å². The second-order valence-electron chi connectivity index (χ2n) is 4.77. The molecule has 0 spiro atoms. The minimum Gasteiger partial charge on any atom is -0.326 e. The summed E-state index contributed by atoms with van der Waals surface area (Å²) >= 11 is 6.32. The Morgan fingerprint density at radius 2 is 2.00 bits per heavy atom. The van der Waals surface area contributed by atoms with Gasteiger partial charge in [-0.15, -0.1) is 22.7 Å². The van der Waals surface area contributed by atoms with Gasteiger partial charge >= 0.3 is 0 Å². The maximum absolute atomic E-state index is 12.5. The Morgan fingerprint density at radius 3 is 2.48 bits per heavy atom. The van der Waals surface area contributed by atoms with E-state index in [0.29, 0.717) is 10.3 Å². The van der Waals surface area contributed by atoms with Gasteiger partial charge in [0.15, 0.2) is 0 Å². The van der Waals surface area contributed by atoms with Gasteiger partial charge in [0.1, 0.15) is 4.90 Å². The molecule has 0 amide bonds. The molecule has 4 nitrogen and oxygen atoms in total. The summed E-state index contributed by atoms with van der Waals surface area (Å²) in [5, 5.41) is 0. The minimum atomic E-state index is -3.57. The largest absolute Gasteiger partial charge is 0.326 e. The highest BCUT2D eigenvalue weighted by Crippen LogP contribution is 2.33. The Labute approximate surface area is 141 Å². The molecule has 0 saturated heterocycles. The Bertz CT molecular complexity index is 750. The number of sulfonamides is 1. The quantitative estimate of drug-likeness (QED) is 0.791. The molecule has 116 valence electrons. The van der Waals surface area contributed by atoms with Gasteiger partial charge in [-0.25, -0.2) is 13.1 Å². The minimum absolute atomic E-state index is 0.254. The van der Waals surface area contributed by atoms with Crippen LogP contribution < -0.4 is 10.5 Å². The van der Waals surface area contributed by atoms with Crippen molar-refractivity contribution in [2.75, 3.05) is 0 Å². The summed E-state index contributed by atoms with van der Waals surface area (Å²) in [5.41, 5.74) is 6.59. The zero-order chi connectivity index (χ0) is 15.8. The molecule has 0 bridgehead atoms. The van der Waals surface area contributed by atoms with Crippen molar-refractivity contribution < 1.29 is 8.42 Å². The van der Waals surface area contributed by atoms with Gasteiger partial charge in [-0.1, -0.05) is 0 Å². The number of nitrogens with two attached hydrogens (primary N) is 1. The van der Waals surface area contributed by atoms with E-state index in [9.17, 15) is 8.42 Å². The number of halogens is 1. The topological polar surface area (TPSA) is 72.2 Å². The van der Waals surface area contributed by atoms with E-state index < -0.39 is 10.0 Å². The maximum Gasteiger partial charge on any atom is 0.243 e. The number of thiophene rings is 2. The number of rotatable bonds is 5. The Hall–Kier alpha value is -0.250. The second-order valence-corrected chi connectivity index (χ2v) is 10.4. The van der Waals surface area contributed by atoms with Gasteiger partial charge in [-0.3, -0.25) is 0 Å². The van der Waals surface area contributed by atoms with E-state index in [1.165, 1.54) is 16.2 Å². The average molecular weight is 409 g/mol. The first-order valence-electron chi connectivity index (χ1n) is 6.32. The molecule has 8 heteroatoms. The fourth-order valence-electron chi connectivity index (χ4n) is 2.12. The summed E-state index contributed by atoms with van der Waals surface area (Å²) in [6.07, 6.45) is 0. The molecule has 0 aliphatic heterocycles. The van der Waals surface area contributed by atoms with Gasteiger partial charge in [0.25, 0.3) is 0 Å². The molecule has 1 atom stereocenters. The van der Waals surface area contributed by atoms with E-state index >= 15 is 0 Å². The maximum atomic E-state index is 12.5. The Balaban J connectivity index is 2.28. The van der Waals surface area contributed by atoms with Crippen LogP contribution in [0.2, 0.25) is 0 Å². The molecular formula is C13H17BrN2O2S3. The van der Waals surface area contributed by atoms with E-state index in [-0.39, 0.29) is 10.9 Å². The second kappa shape index (κ2) is 6.47. The van der Waals surface area contributed by atoms with Crippen molar-refractivity contribution >= 4 is 48.6 Å². The summed E-state index contributed by atoms with van der Waals surface area (Å²) in [6.45, 7) is 6.21. The normalized spacial score (nSPS) is 13.6. The van der Waals surface area contributed by atoms with E-state index in [2.05, 4.69) is 20.7 Å². The van der Waals surface area contributed by atoms with E-state index in [1.54, 1.807) is 17.4 Å². The van der Waals surface area contributed by atoms with Gasteiger partial charge < -0.3 is 5.73 Å².